The Kier molecular flexibility index (Phi) is 4.33. The zero-order valence-corrected chi connectivity index (χ0v) is 11.0. The topological polar surface area (TPSA) is 41.6 Å². The van der Waals surface area contributed by atoms with Gasteiger partial charge in [0.25, 0.3) is 0 Å². The summed E-state index contributed by atoms with van der Waals surface area (Å²) in [5, 5.41) is 3.34. The van der Waals surface area contributed by atoms with E-state index < -0.39 is 5.54 Å². The maximum absolute atomic E-state index is 12.2. The highest BCUT2D eigenvalue weighted by Crippen LogP contribution is 2.22. The highest BCUT2D eigenvalue weighted by molar-refractivity contribution is 5.88. The molecule has 1 aliphatic heterocycles. The standard InChI is InChI=1S/C12H24N2O2/c1-6-12(5)11(15)14(10(4)13-12)7-8-16-9(2)3/h9-10,13H,6-8H2,1-5H3. The molecule has 1 fully saturated rings. The van der Waals surface area contributed by atoms with E-state index in [1.807, 2.05) is 39.5 Å². The molecule has 0 bridgehead atoms. The van der Waals surface area contributed by atoms with E-state index in [1.165, 1.54) is 0 Å². The van der Waals surface area contributed by atoms with Gasteiger partial charge >= 0.3 is 0 Å². The third-order valence-electron chi connectivity index (χ3n) is 3.22. The van der Waals surface area contributed by atoms with Crippen LogP contribution in [0.15, 0.2) is 0 Å². The van der Waals surface area contributed by atoms with Crippen molar-refractivity contribution in [3.8, 4) is 0 Å². The second-order valence-corrected chi connectivity index (χ2v) is 4.92. The second-order valence-electron chi connectivity index (χ2n) is 4.92. The molecular formula is C12H24N2O2. The molecular weight excluding hydrogens is 204 g/mol. The molecule has 0 spiro atoms. The van der Waals surface area contributed by atoms with E-state index in [-0.39, 0.29) is 18.2 Å². The fourth-order valence-electron chi connectivity index (χ4n) is 2.03. The number of hydrogen-bond acceptors (Lipinski definition) is 3. The first-order valence-electron chi connectivity index (χ1n) is 6.11. The SMILES string of the molecule is CCC1(C)NC(C)N(CCOC(C)C)C1=O. The quantitative estimate of drug-likeness (QED) is 0.772. The Balaban J connectivity index is 2.51. The van der Waals surface area contributed by atoms with E-state index in [0.29, 0.717) is 13.2 Å². The third-order valence-corrected chi connectivity index (χ3v) is 3.22. The van der Waals surface area contributed by atoms with E-state index in [1.54, 1.807) is 0 Å². The van der Waals surface area contributed by atoms with E-state index in [2.05, 4.69) is 5.32 Å². The summed E-state index contributed by atoms with van der Waals surface area (Å²) < 4.78 is 5.48. The van der Waals surface area contributed by atoms with Crippen LogP contribution in [0.5, 0.6) is 0 Å². The number of amides is 1. The zero-order valence-electron chi connectivity index (χ0n) is 11.0. The summed E-state index contributed by atoms with van der Waals surface area (Å²) in [4.78, 5) is 14.0. The first-order valence-corrected chi connectivity index (χ1v) is 6.11. The molecule has 0 radical (unpaired) electrons. The van der Waals surface area contributed by atoms with Gasteiger partial charge in [-0.3, -0.25) is 10.1 Å². The van der Waals surface area contributed by atoms with Gasteiger partial charge in [-0.15, -0.1) is 0 Å². The van der Waals surface area contributed by atoms with Crippen LogP contribution in [-0.2, 0) is 9.53 Å². The first kappa shape index (κ1) is 13.5. The van der Waals surface area contributed by atoms with E-state index >= 15 is 0 Å². The monoisotopic (exact) mass is 228 g/mol. The molecule has 1 N–H and O–H groups in total. The largest absolute Gasteiger partial charge is 0.377 e. The van der Waals surface area contributed by atoms with Crippen LogP contribution in [-0.4, -0.2) is 41.8 Å². The lowest BCUT2D eigenvalue weighted by atomic mass is 9.99. The molecule has 1 aliphatic rings. The molecule has 0 aromatic heterocycles. The Morgan fingerprint density at radius 1 is 1.56 bits per heavy atom. The predicted octanol–water partition coefficient (Wildman–Crippen LogP) is 1.36. The predicted molar refractivity (Wildman–Crippen MR) is 64.1 cm³/mol. The molecule has 1 heterocycles. The Bertz CT molecular complexity index is 255. The van der Waals surface area contributed by atoms with Crippen molar-refractivity contribution in [2.75, 3.05) is 13.2 Å². The summed E-state index contributed by atoms with van der Waals surface area (Å²) in [6.07, 6.45) is 1.14. The van der Waals surface area contributed by atoms with E-state index in [0.717, 1.165) is 6.42 Å². The molecule has 1 rings (SSSR count). The number of carbonyl (C=O) groups excluding carboxylic acids is 1. The summed E-state index contributed by atoms with van der Waals surface area (Å²) >= 11 is 0. The normalized spacial score (nSPS) is 30.5. The Morgan fingerprint density at radius 3 is 2.62 bits per heavy atom. The lowest BCUT2D eigenvalue weighted by Gasteiger charge is -2.22. The fourth-order valence-corrected chi connectivity index (χ4v) is 2.03. The molecule has 2 atom stereocenters. The van der Waals surface area contributed by atoms with Gasteiger partial charge in [0.1, 0.15) is 0 Å². The minimum absolute atomic E-state index is 0.105. The molecule has 16 heavy (non-hydrogen) atoms. The number of carbonyl (C=O) groups is 1. The summed E-state index contributed by atoms with van der Waals surface area (Å²) in [7, 11) is 0. The van der Waals surface area contributed by atoms with Crippen LogP contribution in [0.2, 0.25) is 0 Å². The molecule has 0 aliphatic carbocycles. The zero-order chi connectivity index (χ0) is 12.3. The van der Waals surface area contributed by atoms with E-state index in [4.69, 9.17) is 4.74 Å². The van der Waals surface area contributed by atoms with Crippen LogP contribution < -0.4 is 5.32 Å². The van der Waals surface area contributed by atoms with Crippen LogP contribution in [0, 0.1) is 0 Å². The first-order chi connectivity index (χ1) is 7.40. The molecule has 0 saturated carbocycles. The van der Waals surface area contributed by atoms with Crippen LogP contribution in [0.25, 0.3) is 0 Å². The van der Waals surface area contributed by atoms with Gasteiger partial charge in [-0.05, 0) is 34.1 Å². The highest BCUT2D eigenvalue weighted by atomic mass is 16.5. The molecule has 2 unspecified atom stereocenters. The van der Waals surface area contributed by atoms with Gasteiger partial charge in [-0.1, -0.05) is 6.92 Å². The lowest BCUT2D eigenvalue weighted by molar-refractivity contribution is -0.133. The smallest absolute Gasteiger partial charge is 0.243 e. The maximum atomic E-state index is 12.2. The van der Waals surface area contributed by atoms with Crippen LogP contribution in [0.3, 0.4) is 0 Å². The third kappa shape index (κ3) is 2.74. The fraction of sp³-hybridized carbons (Fsp3) is 0.917. The second kappa shape index (κ2) is 5.15. The van der Waals surface area contributed by atoms with Crippen LogP contribution >= 0.6 is 0 Å². The molecule has 1 amide bonds. The Morgan fingerprint density at radius 2 is 2.19 bits per heavy atom. The summed E-state index contributed by atoms with van der Waals surface area (Å²) in [5.74, 6) is 0.190. The Labute approximate surface area is 98.3 Å². The molecule has 94 valence electrons. The molecule has 4 heteroatoms. The van der Waals surface area contributed by atoms with Gasteiger partial charge in [0.05, 0.1) is 24.4 Å². The van der Waals surface area contributed by atoms with Gasteiger partial charge in [0.15, 0.2) is 0 Å². The van der Waals surface area contributed by atoms with Crippen molar-refractivity contribution in [3.63, 3.8) is 0 Å². The average Bonchev–Trinajstić information content (AvgIpc) is 2.42. The Hall–Kier alpha value is -0.610. The highest BCUT2D eigenvalue weighted by Gasteiger charge is 2.44. The summed E-state index contributed by atoms with van der Waals surface area (Å²) in [6, 6.07) is 0. The number of hydrogen-bond donors (Lipinski definition) is 1. The molecule has 0 aromatic carbocycles. The summed E-state index contributed by atoms with van der Waals surface area (Å²) in [6.45, 7) is 11.3. The van der Waals surface area contributed by atoms with Crippen molar-refractivity contribution in [1.29, 1.82) is 0 Å². The molecule has 0 aromatic rings. The van der Waals surface area contributed by atoms with Crippen molar-refractivity contribution in [1.82, 2.24) is 10.2 Å². The molecule has 1 saturated heterocycles. The van der Waals surface area contributed by atoms with Gasteiger partial charge < -0.3 is 9.64 Å². The van der Waals surface area contributed by atoms with Crippen LogP contribution in [0.4, 0.5) is 0 Å². The van der Waals surface area contributed by atoms with Gasteiger partial charge in [-0.25, -0.2) is 0 Å². The number of nitrogens with one attached hydrogen (secondary N) is 1. The van der Waals surface area contributed by atoms with Crippen molar-refractivity contribution in [2.24, 2.45) is 0 Å². The van der Waals surface area contributed by atoms with Gasteiger partial charge in [0.2, 0.25) is 5.91 Å². The minimum Gasteiger partial charge on any atom is -0.377 e. The number of ether oxygens (including phenoxy) is 1. The van der Waals surface area contributed by atoms with Crippen molar-refractivity contribution in [3.05, 3.63) is 0 Å². The number of rotatable bonds is 5. The maximum Gasteiger partial charge on any atom is 0.243 e. The van der Waals surface area contributed by atoms with Crippen LogP contribution in [0.1, 0.15) is 41.0 Å². The summed E-state index contributed by atoms with van der Waals surface area (Å²) in [5.41, 5.74) is -0.392. The lowest BCUT2D eigenvalue weighted by Crippen LogP contribution is -2.43. The van der Waals surface area contributed by atoms with Crippen molar-refractivity contribution < 1.29 is 9.53 Å². The average molecular weight is 228 g/mol. The van der Waals surface area contributed by atoms with Crippen molar-refractivity contribution >= 4 is 5.91 Å². The van der Waals surface area contributed by atoms with Gasteiger partial charge in [-0.2, -0.15) is 0 Å². The van der Waals surface area contributed by atoms with Gasteiger partial charge in [0, 0.05) is 6.54 Å². The van der Waals surface area contributed by atoms with Crippen molar-refractivity contribution in [2.45, 2.75) is 58.8 Å². The molecule has 4 nitrogen and oxygen atoms in total. The number of nitrogens with zero attached hydrogens (tertiary/aromatic N) is 1. The van der Waals surface area contributed by atoms with E-state index in [9.17, 15) is 4.79 Å². The minimum atomic E-state index is -0.392.